The first-order valence-electron chi connectivity index (χ1n) is 9.61. The van der Waals surface area contributed by atoms with Gasteiger partial charge >= 0.3 is 0 Å². The zero-order valence-corrected chi connectivity index (χ0v) is 18.9. The van der Waals surface area contributed by atoms with E-state index in [4.69, 9.17) is 0 Å². The summed E-state index contributed by atoms with van der Waals surface area (Å²) in [4.78, 5) is 4.29. The molecule has 0 atom stereocenters. The van der Waals surface area contributed by atoms with Crippen molar-refractivity contribution in [1.29, 1.82) is 0 Å². The van der Waals surface area contributed by atoms with Gasteiger partial charge in [-0.1, -0.05) is 38.1 Å². The third-order valence-corrected chi connectivity index (χ3v) is 4.90. The molecule has 6 nitrogen and oxygen atoms in total. The average molecular weight is 482 g/mol. The Labute approximate surface area is 179 Å². The van der Waals surface area contributed by atoms with Crippen LogP contribution in [0.1, 0.15) is 55.4 Å². The van der Waals surface area contributed by atoms with E-state index in [1.807, 2.05) is 0 Å². The van der Waals surface area contributed by atoms with Gasteiger partial charge in [-0.3, -0.25) is 4.99 Å². The smallest absolute Gasteiger partial charge is 0.191 e. The minimum atomic E-state index is 0. The Hall–Kier alpha value is -1.64. The first-order valence-corrected chi connectivity index (χ1v) is 9.61. The van der Waals surface area contributed by atoms with E-state index in [0.717, 1.165) is 50.0 Å². The zero-order valence-electron chi connectivity index (χ0n) is 16.5. The molecule has 0 fully saturated rings. The fourth-order valence-corrected chi connectivity index (χ4v) is 3.29. The quantitative estimate of drug-likeness (QED) is 0.275. The fourth-order valence-electron chi connectivity index (χ4n) is 3.29. The van der Waals surface area contributed by atoms with E-state index in [1.165, 1.54) is 17.5 Å². The molecular weight excluding hydrogens is 451 g/mol. The van der Waals surface area contributed by atoms with E-state index in [0.29, 0.717) is 12.5 Å². The van der Waals surface area contributed by atoms with Crippen LogP contribution in [-0.4, -0.2) is 34.3 Å². The fraction of sp³-hybridized carbons (Fsp3) is 0.550. The van der Waals surface area contributed by atoms with E-state index in [1.54, 1.807) is 7.05 Å². The Morgan fingerprint density at radius 3 is 2.67 bits per heavy atom. The molecule has 1 aromatic carbocycles. The van der Waals surface area contributed by atoms with Crippen molar-refractivity contribution in [2.75, 3.05) is 13.6 Å². The number of rotatable bonds is 7. The van der Waals surface area contributed by atoms with Crippen LogP contribution in [0.15, 0.2) is 29.3 Å². The van der Waals surface area contributed by atoms with Crippen molar-refractivity contribution in [2.24, 2.45) is 4.99 Å². The van der Waals surface area contributed by atoms with Crippen LogP contribution in [-0.2, 0) is 25.9 Å². The van der Waals surface area contributed by atoms with Gasteiger partial charge in [0.25, 0.3) is 0 Å². The molecule has 1 aliphatic rings. The molecule has 2 aromatic rings. The molecule has 7 heteroatoms. The second-order valence-electron chi connectivity index (χ2n) is 7.14. The molecule has 0 unspecified atom stereocenters. The first-order chi connectivity index (χ1) is 12.7. The maximum Gasteiger partial charge on any atom is 0.191 e. The largest absolute Gasteiger partial charge is 0.356 e. The molecule has 0 saturated heterocycles. The van der Waals surface area contributed by atoms with Gasteiger partial charge in [0.15, 0.2) is 11.8 Å². The Morgan fingerprint density at radius 2 is 1.96 bits per heavy atom. The van der Waals surface area contributed by atoms with Gasteiger partial charge in [0.1, 0.15) is 5.82 Å². The topological polar surface area (TPSA) is 67.1 Å². The second-order valence-corrected chi connectivity index (χ2v) is 7.14. The van der Waals surface area contributed by atoms with E-state index < -0.39 is 0 Å². The highest BCUT2D eigenvalue weighted by Crippen LogP contribution is 2.15. The molecule has 0 spiro atoms. The zero-order chi connectivity index (χ0) is 18.4. The average Bonchev–Trinajstić information content (AvgIpc) is 3.26. The molecule has 1 aliphatic heterocycles. The summed E-state index contributed by atoms with van der Waals surface area (Å²) >= 11 is 0. The highest BCUT2D eigenvalue weighted by atomic mass is 127. The van der Waals surface area contributed by atoms with Crippen LogP contribution in [0.25, 0.3) is 0 Å². The molecule has 2 heterocycles. The van der Waals surface area contributed by atoms with Crippen LogP contribution in [0.5, 0.6) is 0 Å². The summed E-state index contributed by atoms with van der Waals surface area (Å²) in [6.45, 7) is 7.03. The molecule has 0 bridgehead atoms. The molecule has 0 saturated carbocycles. The van der Waals surface area contributed by atoms with Gasteiger partial charge in [-0.25, -0.2) is 0 Å². The number of benzene rings is 1. The number of aliphatic imine (C=N–C) groups is 1. The molecule has 0 aliphatic carbocycles. The van der Waals surface area contributed by atoms with E-state index in [-0.39, 0.29) is 24.0 Å². The lowest BCUT2D eigenvalue weighted by Gasteiger charge is -2.12. The molecule has 1 aromatic heterocycles. The number of nitrogens with zero attached hydrogens (tertiary/aromatic N) is 4. The van der Waals surface area contributed by atoms with Crippen LogP contribution in [0.2, 0.25) is 0 Å². The van der Waals surface area contributed by atoms with Crippen LogP contribution in [0, 0.1) is 0 Å². The highest BCUT2D eigenvalue weighted by Gasteiger charge is 2.16. The summed E-state index contributed by atoms with van der Waals surface area (Å²) in [5.74, 6) is 3.50. The van der Waals surface area contributed by atoms with Crippen LogP contribution < -0.4 is 10.6 Å². The molecule has 0 radical (unpaired) electrons. The van der Waals surface area contributed by atoms with Crippen molar-refractivity contribution >= 4 is 29.9 Å². The molecule has 2 N–H and O–H groups in total. The van der Waals surface area contributed by atoms with Crippen LogP contribution in [0.3, 0.4) is 0 Å². The van der Waals surface area contributed by atoms with Crippen molar-refractivity contribution in [3.8, 4) is 0 Å². The summed E-state index contributed by atoms with van der Waals surface area (Å²) in [6, 6.07) is 8.97. The molecule has 27 heavy (non-hydrogen) atoms. The Morgan fingerprint density at radius 1 is 1.19 bits per heavy atom. The molecule has 3 rings (SSSR count). The maximum absolute atomic E-state index is 4.29. The monoisotopic (exact) mass is 482 g/mol. The number of aryl methyl sites for hydroxylation is 2. The molecule has 148 valence electrons. The third-order valence-electron chi connectivity index (χ3n) is 4.90. The maximum atomic E-state index is 4.29. The van der Waals surface area contributed by atoms with Crippen LogP contribution >= 0.6 is 24.0 Å². The van der Waals surface area contributed by atoms with Gasteiger partial charge in [0.05, 0.1) is 6.54 Å². The Balaban J connectivity index is 0.00000261. The number of fused-ring (bicyclic) bond motifs is 1. The summed E-state index contributed by atoms with van der Waals surface area (Å²) in [6.07, 6.45) is 4.35. The van der Waals surface area contributed by atoms with E-state index >= 15 is 0 Å². The first kappa shape index (κ1) is 21.7. The van der Waals surface area contributed by atoms with Crippen molar-refractivity contribution in [3.05, 3.63) is 47.0 Å². The number of hydrogen-bond donors (Lipinski definition) is 2. The van der Waals surface area contributed by atoms with Crippen molar-refractivity contribution in [1.82, 2.24) is 25.4 Å². The van der Waals surface area contributed by atoms with E-state index in [2.05, 4.69) is 68.5 Å². The second kappa shape index (κ2) is 10.6. The lowest BCUT2D eigenvalue weighted by atomic mass is 10.0. The molecule has 0 amide bonds. The number of halogens is 1. The van der Waals surface area contributed by atoms with Gasteiger partial charge in [-0.15, -0.1) is 34.2 Å². The normalized spacial score (nSPS) is 13.4. The van der Waals surface area contributed by atoms with Crippen molar-refractivity contribution in [3.63, 3.8) is 0 Å². The lowest BCUT2D eigenvalue weighted by molar-refractivity contribution is 0.660. The summed E-state index contributed by atoms with van der Waals surface area (Å²) in [5.41, 5.74) is 2.79. The van der Waals surface area contributed by atoms with Gasteiger partial charge in [0, 0.05) is 26.6 Å². The van der Waals surface area contributed by atoms with Gasteiger partial charge in [0.2, 0.25) is 0 Å². The van der Waals surface area contributed by atoms with Gasteiger partial charge in [-0.2, -0.15) is 0 Å². The number of aromatic nitrogens is 3. The number of hydrogen-bond acceptors (Lipinski definition) is 3. The number of nitrogens with one attached hydrogen (secondary N) is 2. The van der Waals surface area contributed by atoms with Crippen molar-refractivity contribution in [2.45, 2.75) is 58.5 Å². The summed E-state index contributed by atoms with van der Waals surface area (Å²) in [7, 11) is 1.80. The number of guanidine groups is 1. The lowest BCUT2D eigenvalue weighted by Crippen LogP contribution is -2.38. The Bertz CT molecular complexity index is 735. The summed E-state index contributed by atoms with van der Waals surface area (Å²) in [5, 5.41) is 15.2. The third kappa shape index (κ3) is 5.92. The SMILES string of the molecule is CN=C(NCCCc1ccc(C(C)C)cc1)NCc1nnc2n1CCC2.I. The molecular formula is C20H31IN6. The van der Waals surface area contributed by atoms with Gasteiger partial charge < -0.3 is 15.2 Å². The van der Waals surface area contributed by atoms with Crippen molar-refractivity contribution < 1.29 is 0 Å². The van der Waals surface area contributed by atoms with E-state index in [9.17, 15) is 0 Å². The minimum Gasteiger partial charge on any atom is -0.356 e. The Kier molecular flexibility index (Phi) is 8.53. The predicted molar refractivity (Wildman–Crippen MR) is 121 cm³/mol. The highest BCUT2D eigenvalue weighted by molar-refractivity contribution is 14.0. The standard InChI is InChI=1S/C20H30N6.HI/c1-15(2)17-10-8-16(9-11-17)6-4-12-22-20(21-3)23-14-19-25-24-18-7-5-13-26(18)19;/h8-11,15H,4-7,12-14H2,1-3H3,(H2,21,22,23);1H. The summed E-state index contributed by atoms with van der Waals surface area (Å²) < 4.78 is 2.21. The van der Waals surface area contributed by atoms with Gasteiger partial charge in [-0.05, 0) is 36.3 Å². The predicted octanol–water partition coefficient (Wildman–Crippen LogP) is 3.26. The minimum absolute atomic E-state index is 0. The van der Waals surface area contributed by atoms with Crippen LogP contribution in [0.4, 0.5) is 0 Å².